The first kappa shape index (κ1) is 13.4. The number of hydrogen-bond donors (Lipinski definition) is 1. The van der Waals surface area contributed by atoms with E-state index in [1.165, 1.54) is 23.1 Å². The average molecular weight is 259 g/mol. The molecule has 1 atom stereocenters. The van der Waals surface area contributed by atoms with Crippen LogP contribution in [0, 0.1) is 12.8 Å². The summed E-state index contributed by atoms with van der Waals surface area (Å²) in [4.78, 5) is 11.7. The minimum Gasteiger partial charge on any atom is -0.355 e. The van der Waals surface area contributed by atoms with Crippen LogP contribution in [0.25, 0.3) is 0 Å². The second-order valence-corrected chi connectivity index (χ2v) is 6.76. The summed E-state index contributed by atoms with van der Waals surface area (Å²) in [5.74, 6) is 0.538. The van der Waals surface area contributed by atoms with E-state index in [1.54, 1.807) is 0 Å². The number of aromatic nitrogens is 2. The lowest BCUT2D eigenvalue weighted by Gasteiger charge is -2.11. The van der Waals surface area contributed by atoms with E-state index in [9.17, 15) is 4.79 Å². The van der Waals surface area contributed by atoms with Crippen LogP contribution >= 0.6 is 23.1 Å². The number of nitrogens with zero attached hydrogens (tertiary/aromatic N) is 2. The Balaban J connectivity index is 2.39. The van der Waals surface area contributed by atoms with Crippen LogP contribution in [0.2, 0.25) is 0 Å². The van der Waals surface area contributed by atoms with E-state index < -0.39 is 0 Å². The lowest BCUT2D eigenvalue weighted by molar-refractivity contribution is -0.120. The van der Waals surface area contributed by atoms with Crippen LogP contribution in [-0.2, 0) is 4.79 Å². The molecule has 6 heteroatoms. The zero-order chi connectivity index (χ0) is 12.1. The van der Waals surface area contributed by atoms with Crippen LogP contribution in [0.3, 0.4) is 0 Å². The van der Waals surface area contributed by atoms with E-state index in [-0.39, 0.29) is 11.2 Å². The number of aryl methyl sites for hydroxylation is 1. The lowest BCUT2D eigenvalue weighted by atomic mass is 10.2. The average Bonchev–Trinajstić information content (AvgIpc) is 2.60. The Bertz CT molecular complexity index is 352. The molecular formula is C10H17N3OS2. The summed E-state index contributed by atoms with van der Waals surface area (Å²) in [6.45, 7) is 8.67. The highest BCUT2D eigenvalue weighted by Crippen LogP contribution is 2.26. The van der Waals surface area contributed by atoms with Gasteiger partial charge in [0, 0.05) is 6.54 Å². The van der Waals surface area contributed by atoms with Gasteiger partial charge in [-0.1, -0.05) is 36.9 Å². The van der Waals surface area contributed by atoms with Gasteiger partial charge in [-0.3, -0.25) is 4.79 Å². The quantitative estimate of drug-likeness (QED) is 0.823. The number of carbonyl (C=O) groups is 1. The van der Waals surface area contributed by atoms with E-state index in [4.69, 9.17) is 0 Å². The molecule has 1 rings (SSSR count). The molecule has 0 radical (unpaired) electrons. The molecule has 0 aromatic carbocycles. The van der Waals surface area contributed by atoms with Crippen molar-refractivity contribution < 1.29 is 4.79 Å². The Kier molecular flexibility index (Phi) is 5.21. The van der Waals surface area contributed by atoms with Gasteiger partial charge in [0.15, 0.2) is 4.34 Å². The molecule has 1 aromatic rings. The predicted molar refractivity (Wildman–Crippen MR) is 67.8 cm³/mol. The van der Waals surface area contributed by atoms with Gasteiger partial charge in [0.1, 0.15) is 5.01 Å². The van der Waals surface area contributed by atoms with Gasteiger partial charge in [-0.15, -0.1) is 10.2 Å². The molecule has 90 valence electrons. The summed E-state index contributed by atoms with van der Waals surface area (Å²) in [6, 6.07) is 0. The van der Waals surface area contributed by atoms with Crippen LogP contribution in [0.4, 0.5) is 0 Å². The summed E-state index contributed by atoms with van der Waals surface area (Å²) >= 11 is 2.98. The molecular weight excluding hydrogens is 242 g/mol. The molecule has 1 N–H and O–H groups in total. The van der Waals surface area contributed by atoms with Crippen LogP contribution in [0.5, 0.6) is 0 Å². The molecule has 0 spiro atoms. The normalized spacial score (nSPS) is 12.8. The summed E-state index contributed by atoms with van der Waals surface area (Å²) in [7, 11) is 0. The third-order valence-electron chi connectivity index (χ3n) is 1.84. The van der Waals surface area contributed by atoms with Crippen molar-refractivity contribution >= 4 is 29.0 Å². The van der Waals surface area contributed by atoms with Crippen LogP contribution < -0.4 is 5.32 Å². The molecule has 1 aromatic heterocycles. The fourth-order valence-electron chi connectivity index (χ4n) is 0.979. The monoisotopic (exact) mass is 259 g/mol. The molecule has 1 heterocycles. The van der Waals surface area contributed by atoms with Crippen molar-refractivity contribution in [2.24, 2.45) is 5.92 Å². The van der Waals surface area contributed by atoms with E-state index in [1.807, 2.05) is 13.8 Å². The first-order chi connectivity index (χ1) is 7.49. The Morgan fingerprint density at radius 3 is 2.62 bits per heavy atom. The van der Waals surface area contributed by atoms with Crippen molar-refractivity contribution in [2.75, 3.05) is 6.54 Å². The van der Waals surface area contributed by atoms with E-state index in [0.717, 1.165) is 15.9 Å². The summed E-state index contributed by atoms with van der Waals surface area (Å²) in [6.07, 6.45) is 0. The highest BCUT2D eigenvalue weighted by molar-refractivity contribution is 8.02. The third kappa shape index (κ3) is 4.49. The molecule has 0 aliphatic rings. The second kappa shape index (κ2) is 6.20. The maximum atomic E-state index is 11.7. The smallest absolute Gasteiger partial charge is 0.233 e. The Labute approximate surface area is 104 Å². The maximum Gasteiger partial charge on any atom is 0.233 e. The number of hydrogen-bond acceptors (Lipinski definition) is 5. The van der Waals surface area contributed by atoms with Gasteiger partial charge in [0.25, 0.3) is 0 Å². The number of carbonyl (C=O) groups excluding carboxylic acids is 1. The topological polar surface area (TPSA) is 54.9 Å². The summed E-state index contributed by atoms with van der Waals surface area (Å²) < 4.78 is 0.852. The second-order valence-electron chi connectivity index (χ2n) is 3.99. The fraction of sp³-hybridized carbons (Fsp3) is 0.700. The molecule has 0 aliphatic carbocycles. The van der Waals surface area contributed by atoms with Gasteiger partial charge in [-0.2, -0.15) is 0 Å². The van der Waals surface area contributed by atoms with Crippen LogP contribution in [0.1, 0.15) is 25.8 Å². The van der Waals surface area contributed by atoms with Crippen LogP contribution in [-0.4, -0.2) is 27.9 Å². The predicted octanol–water partition coefficient (Wildman–Crippen LogP) is 2.10. The minimum atomic E-state index is -0.119. The molecule has 0 aliphatic heterocycles. The molecule has 0 saturated heterocycles. The van der Waals surface area contributed by atoms with Crippen LogP contribution in [0.15, 0.2) is 4.34 Å². The standard InChI is InChI=1S/C10H17N3OS2/c1-6(2)5-11-9(14)7(3)15-10-13-12-8(4)16-10/h6-7H,5H2,1-4H3,(H,11,14)/t7-/m1/s1. The third-order valence-corrected chi connectivity index (χ3v) is 3.86. The Morgan fingerprint density at radius 1 is 1.44 bits per heavy atom. The first-order valence-electron chi connectivity index (χ1n) is 5.23. The van der Waals surface area contributed by atoms with Gasteiger partial charge in [0.2, 0.25) is 5.91 Å². The number of amides is 1. The highest BCUT2D eigenvalue weighted by Gasteiger charge is 2.16. The highest BCUT2D eigenvalue weighted by atomic mass is 32.2. The van der Waals surface area contributed by atoms with Crippen molar-refractivity contribution in [3.05, 3.63) is 5.01 Å². The van der Waals surface area contributed by atoms with Gasteiger partial charge in [-0.25, -0.2) is 0 Å². The number of nitrogens with one attached hydrogen (secondary N) is 1. The van der Waals surface area contributed by atoms with Gasteiger partial charge in [-0.05, 0) is 19.8 Å². The molecule has 4 nitrogen and oxygen atoms in total. The fourth-order valence-corrected chi connectivity index (χ4v) is 2.96. The Morgan fingerprint density at radius 2 is 2.12 bits per heavy atom. The van der Waals surface area contributed by atoms with Gasteiger partial charge in [0.05, 0.1) is 5.25 Å². The van der Waals surface area contributed by atoms with Crippen molar-refractivity contribution in [1.82, 2.24) is 15.5 Å². The van der Waals surface area contributed by atoms with E-state index in [0.29, 0.717) is 5.92 Å². The maximum absolute atomic E-state index is 11.7. The molecule has 0 fully saturated rings. The van der Waals surface area contributed by atoms with Gasteiger partial charge >= 0.3 is 0 Å². The number of rotatable bonds is 5. The number of thioether (sulfide) groups is 1. The van der Waals surface area contributed by atoms with Gasteiger partial charge < -0.3 is 5.32 Å². The van der Waals surface area contributed by atoms with E-state index >= 15 is 0 Å². The molecule has 1 amide bonds. The lowest BCUT2D eigenvalue weighted by Crippen LogP contribution is -2.33. The molecule has 0 unspecified atom stereocenters. The van der Waals surface area contributed by atoms with Crippen molar-refractivity contribution in [1.29, 1.82) is 0 Å². The van der Waals surface area contributed by atoms with E-state index in [2.05, 4.69) is 29.4 Å². The zero-order valence-electron chi connectivity index (χ0n) is 9.98. The van der Waals surface area contributed by atoms with Crippen molar-refractivity contribution in [2.45, 2.75) is 37.3 Å². The summed E-state index contributed by atoms with van der Waals surface area (Å²) in [5, 5.41) is 11.6. The summed E-state index contributed by atoms with van der Waals surface area (Å²) in [5.41, 5.74) is 0. The van der Waals surface area contributed by atoms with Crippen molar-refractivity contribution in [3.63, 3.8) is 0 Å². The SMILES string of the molecule is Cc1nnc(S[C@H](C)C(=O)NCC(C)C)s1. The zero-order valence-corrected chi connectivity index (χ0v) is 11.6. The molecule has 16 heavy (non-hydrogen) atoms. The minimum absolute atomic E-state index is 0.0616. The first-order valence-corrected chi connectivity index (χ1v) is 6.93. The molecule has 0 saturated carbocycles. The Hall–Kier alpha value is -0.620. The largest absolute Gasteiger partial charge is 0.355 e. The molecule has 0 bridgehead atoms. The van der Waals surface area contributed by atoms with Crippen molar-refractivity contribution in [3.8, 4) is 0 Å².